The van der Waals surface area contributed by atoms with E-state index in [1.54, 1.807) is 6.07 Å². The topological polar surface area (TPSA) is 26.0 Å². The van der Waals surface area contributed by atoms with Crippen molar-refractivity contribution in [2.45, 2.75) is 19.3 Å². The maximum Gasteiger partial charge on any atom is 0.263 e. The van der Waals surface area contributed by atoms with Gasteiger partial charge in [-0.05, 0) is 24.1 Å². The molecule has 1 aromatic rings. The van der Waals surface area contributed by atoms with Gasteiger partial charge < -0.3 is 5.73 Å². The lowest BCUT2D eigenvalue weighted by Crippen LogP contribution is -2.09. The first-order valence-electron chi connectivity index (χ1n) is 4.33. The van der Waals surface area contributed by atoms with Gasteiger partial charge in [-0.15, -0.1) is 0 Å². The van der Waals surface area contributed by atoms with Crippen LogP contribution in [0.5, 0.6) is 0 Å². The molecule has 78 valence electrons. The maximum absolute atomic E-state index is 12.3. The first-order chi connectivity index (χ1) is 6.56. The van der Waals surface area contributed by atoms with Gasteiger partial charge in [0.15, 0.2) is 0 Å². The quantitative estimate of drug-likeness (QED) is 0.829. The van der Waals surface area contributed by atoms with Gasteiger partial charge in [-0.25, -0.2) is 8.78 Å². The average Bonchev–Trinajstić information content (AvgIpc) is 2.16. The van der Waals surface area contributed by atoms with Crippen LogP contribution in [0.15, 0.2) is 18.2 Å². The van der Waals surface area contributed by atoms with Crippen molar-refractivity contribution in [1.82, 2.24) is 0 Å². The Bertz CT molecular complexity index is 315. The summed E-state index contributed by atoms with van der Waals surface area (Å²) in [5, 5.41) is 0.362. The van der Waals surface area contributed by atoms with Crippen LogP contribution in [-0.4, -0.2) is 6.54 Å². The molecule has 0 aliphatic rings. The second-order valence-electron chi connectivity index (χ2n) is 3.22. The van der Waals surface area contributed by atoms with E-state index in [1.807, 2.05) is 6.92 Å². The van der Waals surface area contributed by atoms with Gasteiger partial charge in [-0.1, -0.05) is 30.7 Å². The molecule has 0 aliphatic carbocycles. The zero-order chi connectivity index (χ0) is 10.7. The molecule has 0 spiro atoms. The molecular weight excluding hydrogens is 208 g/mol. The Morgan fingerprint density at radius 1 is 1.43 bits per heavy atom. The molecular formula is C10H12ClF2N. The van der Waals surface area contributed by atoms with Gasteiger partial charge in [-0.2, -0.15) is 0 Å². The fourth-order valence-corrected chi connectivity index (χ4v) is 1.58. The summed E-state index contributed by atoms with van der Waals surface area (Å²) in [6, 6.07) is 4.30. The zero-order valence-corrected chi connectivity index (χ0v) is 8.56. The van der Waals surface area contributed by atoms with E-state index < -0.39 is 6.43 Å². The van der Waals surface area contributed by atoms with E-state index in [1.165, 1.54) is 12.1 Å². The molecule has 0 bridgehead atoms. The minimum Gasteiger partial charge on any atom is -0.330 e. The Morgan fingerprint density at radius 2 is 2.07 bits per heavy atom. The van der Waals surface area contributed by atoms with E-state index in [0.717, 1.165) is 5.56 Å². The van der Waals surface area contributed by atoms with E-state index in [0.29, 0.717) is 11.6 Å². The molecule has 1 rings (SSSR count). The molecule has 1 aromatic carbocycles. The van der Waals surface area contributed by atoms with Crippen LogP contribution in [0, 0.1) is 0 Å². The highest BCUT2D eigenvalue weighted by Gasteiger charge is 2.12. The van der Waals surface area contributed by atoms with Crippen LogP contribution in [0.2, 0.25) is 5.02 Å². The van der Waals surface area contributed by atoms with E-state index in [-0.39, 0.29) is 11.5 Å². The third-order valence-corrected chi connectivity index (χ3v) is 2.49. The van der Waals surface area contributed by atoms with Gasteiger partial charge in [0, 0.05) is 10.6 Å². The number of rotatable bonds is 3. The third-order valence-electron chi connectivity index (χ3n) is 2.16. The molecule has 14 heavy (non-hydrogen) atoms. The van der Waals surface area contributed by atoms with Gasteiger partial charge in [0.2, 0.25) is 0 Å². The Hall–Kier alpha value is -0.670. The predicted molar refractivity (Wildman–Crippen MR) is 53.9 cm³/mol. The third kappa shape index (κ3) is 2.42. The van der Waals surface area contributed by atoms with Crippen LogP contribution in [0.3, 0.4) is 0 Å². The number of nitrogens with two attached hydrogens (primary N) is 1. The molecule has 0 heterocycles. The van der Waals surface area contributed by atoms with Crippen molar-refractivity contribution >= 4 is 11.6 Å². The SMILES string of the molecule is CC(CN)c1ccc(C(F)F)cc1Cl. The summed E-state index contributed by atoms with van der Waals surface area (Å²) in [5.74, 6) is 0.0919. The van der Waals surface area contributed by atoms with Crippen molar-refractivity contribution < 1.29 is 8.78 Å². The average molecular weight is 220 g/mol. The zero-order valence-electron chi connectivity index (χ0n) is 7.81. The van der Waals surface area contributed by atoms with Crippen molar-refractivity contribution in [3.63, 3.8) is 0 Å². The van der Waals surface area contributed by atoms with E-state index in [2.05, 4.69) is 0 Å². The first kappa shape index (κ1) is 11.4. The Balaban J connectivity index is 3.01. The molecule has 0 aromatic heterocycles. The van der Waals surface area contributed by atoms with E-state index in [4.69, 9.17) is 17.3 Å². The summed E-state index contributed by atoms with van der Waals surface area (Å²) in [6.45, 7) is 2.36. The fourth-order valence-electron chi connectivity index (χ4n) is 1.21. The molecule has 2 N–H and O–H groups in total. The second kappa shape index (κ2) is 4.71. The number of hydrogen-bond acceptors (Lipinski definition) is 1. The molecule has 0 fully saturated rings. The number of benzene rings is 1. The number of halogens is 3. The Morgan fingerprint density at radius 3 is 2.50 bits per heavy atom. The minimum absolute atomic E-state index is 0.0528. The van der Waals surface area contributed by atoms with Crippen molar-refractivity contribution in [2.75, 3.05) is 6.54 Å². The van der Waals surface area contributed by atoms with Crippen LogP contribution in [0.4, 0.5) is 8.78 Å². The molecule has 1 nitrogen and oxygen atoms in total. The van der Waals surface area contributed by atoms with Crippen molar-refractivity contribution in [2.24, 2.45) is 5.73 Å². The highest BCUT2D eigenvalue weighted by molar-refractivity contribution is 6.31. The van der Waals surface area contributed by atoms with Crippen molar-refractivity contribution in [3.05, 3.63) is 34.3 Å². The van der Waals surface area contributed by atoms with Gasteiger partial charge in [0.25, 0.3) is 6.43 Å². The summed E-state index contributed by atoms with van der Waals surface area (Å²) < 4.78 is 24.6. The summed E-state index contributed by atoms with van der Waals surface area (Å²) in [4.78, 5) is 0. The first-order valence-corrected chi connectivity index (χ1v) is 4.71. The molecule has 0 saturated carbocycles. The number of alkyl halides is 2. The molecule has 0 aliphatic heterocycles. The van der Waals surface area contributed by atoms with Gasteiger partial charge in [-0.3, -0.25) is 0 Å². The second-order valence-corrected chi connectivity index (χ2v) is 3.63. The Kier molecular flexibility index (Phi) is 3.84. The highest BCUT2D eigenvalue weighted by atomic mass is 35.5. The summed E-state index contributed by atoms with van der Waals surface area (Å²) >= 11 is 5.86. The lowest BCUT2D eigenvalue weighted by Gasteiger charge is -2.12. The van der Waals surface area contributed by atoms with E-state index in [9.17, 15) is 8.78 Å². The Labute approximate surface area is 86.9 Å². The van der Waals surface area contributed by atoms with Crippen LogP contribution in [0.1, 0.15) is 30.4 Å². The molecule has 4 heteroatoms. The summed E-state index contributed by atoms with van der Waals surface area (Å²) in [7, 11) is 0. The van der Waals surface area contributed by atoms with E-state index >= 15 is 0 Å². The lowest BCUT2D eigenvalue weighted by molar-refractivity contribution is 0.151. The van der Waals surface area contributed by atoms with Crippen molar-refractivity contribution in [3.8, 4) is 0 Å². The van der Waals surface area contributed by atoms with Crippen molar-refractivity contribution in [1.29, 1.82) is 0 Å². The van der Waals surface area contributed by atoms with Crippen LogP contribution >= 0.6 is 11.6 Å². The lowest BCUT2D eigenvalue weighted by atomic mass is 10.00. The normalized spacial score (nSPS) is 13.3. The molecule has 1 unspecified atom stereocenters. The minimum atomic E-state index is -2.48. The maximum atomic E-state index is 12.3. The van der Waals surface area contributed by atoms with Gasteiger partial charge in [0.1, 0.15) is 0 Å². The molecule has 0 saturated heterocycles. The van der Waals surface area contributed by atoms with Crippen LogP contribution in [-0.2, 0) is 0 Å². The molecule has 1 atom stereocenters. The number of hydrogen-bond donors (Lipinski definition) is 1. The summed E-state index contributed by atoms with van der Waals surface area (Å²) in [6.07, 6.45) is -2.48. The highest BCUT2D eigenvalue weighted by Crippen LogP contribution is 2.28. The van der Waals surface area contributed by atoms with Crippen LogP contribution < -0.4 is 5.73 Å². The summed E-state index contributed by atoms with van der Waals surface area (Å²) in [5.41, 5.74) is 6.23. The molecule has 0 amide bonds. The monoisotopic (exact) mass is 219 g/mol. The standard InChI is InChI=1S/C10H12ClF2N/c1-6(5-14)8-3-2-7(10(12)13)4-9(8)11/h2-4,6,10H,5,14H2,1H3. The molecule has 0 radical (unpaired) electrons. The largest absolute Gasteiger partial charge is 0.330 e. The predicted octanol–water partition coefficient (Wildman–Crippen LogP) is 3.34. The fraction of sp³-hybridized carbons (Fsp3) is 0.400. The smallest absolute Gasteiger partial charge is 0.263 e. The van der Waals surface area contributed by atoms with Gasteiger partial charge in [0.05, 0.1) is 0 Å². The van der Waals surface area contributed by atoms with Crippen LogP contribution in [0.25, 0.3) is 0 Å². The van der Waals surface area contributed by atoms with Gasteiger partial charge >= 0.3 is 0 Å².